The number of hydrogen-bond donors (Lipinski definition) is 1. The first-order valence-corrected chi connectivity index (χ1v) is 9.73. The summed E-state index contributed by atoms with van der Waals surface area (Å²) in [5.41, 5.74) is 2.20. The lowest BCUT2D eigenvalue weighted by Crippen LogP contribution is -2.28. The number of ether oxygens (including phenoxy) is 1. The number of nitrogens with one attached hydrogen (secondary N) is 1. The zero-order valence-corrected chi connectivity index (χ0v) is 17.1. The van der Waals surface area contributed by atoms with Gasteiger partial charge in [0.15, 0.2) is 0 Å². The van der Waals surface area contributed by atoms with E-state index in [1.54, 1.807) is 4.68 Å². The zero-order chi connectivity index (χ0) is 19.6. The number of benzene rings is 1. The molecule has 0 saturated heterocycles. The quantitative estimate of drug-likeness (QED) is 0.693. The number of aromatic nitrogens is 3. The van der Waals surface area contributed by atoms with E-state index in [2.05, 4.69) is 10.4 Å². The normalized spacial score (nSPS) is 11.4. The maximum absolute atomic E-state index is 12.4. The van der Waals surface area contributed by atoms with E-state index in [9.17, 15) is 4.79 Å². The molecular weight excluding hydrogens is 360 g/mol. The van der Waals surface area contributed by atoms with Gasteiger partial charge in [-0.1, -0.05) is 20.8 Å². The van der Waals surface area contributed by atoms with E-state index >= 15 is 0 Å². The Bertz CT molecular complexity index is 936. The average molecular weight is 385 g/mol. The van der Waals surface area contributed by atoms with Crippen molar-refractivity contribution in [2.75, 3.05) is 11.9 Å². The van der Waals surface area contributed by atoms with Crippen molar-refractivity contribution in [1.82, 2.24) is 14.8 Å². The molecule has 0 aliphatic rings. The van der Waals surface area contributed by atoms with Gasteiger partial charge >= 0.3 is 0 Å². The minimum atomic E-state index is -0.487. The fraction of sp³-hybridized carbons (Fsp3) is 0.350. The first-order valence-electron chi connectivity index (χ1n) is 8.85. The molecule has 0 atom stereocenters. The second kappa shape index (κ2) is 7.52. The van der Waals surface area contributed by atoms with Crippen molar-refractivity contribution in [2.45, 2.75) is 34.6 Å². The highest BCUT2D eigenvalue weighted by molar-refractivity contribution is 7.12. The molecule has 3 aromatic rings. The van der Waals surface area contributed by atoms with Crippen molar-refractivity contribution in [3.8, 4) is 22.1 Å². The number of amides is 1. The number of nitrogens with zero attached hydrogens (tertiary/aromatic N) is 3. The van der Waals surface area contributed by atoms with Crippen molar-refractivity contribution in [3.63, 3.8) is 0 Å². The fourth-order valence-corrected chi connectivity index (χ4v) is 3.22. The van der Waals surface area contributed by atoms with Crippen LogP contribution in [0.5, 0.6) is 5.75 Å². The molecule has 1 aromatic carbocycles. The topological polar surface area (TPSA) is 69.0 Å². The van der Waals surface area contributed by atoms with E-state index in [1.807, 2.05) is 70.3 Å². The van der Waals surface area contributed by atoms with Crippen LogP contribution in [0.2, 0.25) is 0 Å². The highest BCUT2D eigenvalue weighted by Crippen LogP contribution is 2.28. The predicted octanol–water partition coefficient (Wildman–Crippen LogP) is 4.69. The third-order valence-electron chi connectivity index (χ3n) is 3.89. The molecule has 0 aliphatic heterocycles. The second-order valence-corrected chi connectivity index (χ2v) is 8.10. The molecular formula is C20H24N4O2S. The Morgan fingerprint density at radius 2 is 1.96 bits per heavy atom. The minimum Gasteiger partial charge on any atom is -0.494 e. The van der Waals surface area contributed by atoms with Gasteiger partial charge in [-0.2, -0.15) is 9.78 Å². The first-order chi connectivity index (χ1) is 12.8. The minimum absolute atomic E-state index is 0.0630. The largest absolute Gasteiger partial charge is 0.494 e. The van der Waals surface area contributed by atoms with Crippen LogP contribution in [0, 0.1) is 12.3 Å². The summed E-state index contributed by atoms with van der Waals surface area (Å²) < 4.78 is 7.16. The van der Waals surface area contributed by atoms with Gasteiger partial charge in [0, 0.05) is 22.4 Å². The van der Waals surface area contributed by atoms with Crippen molar-refractivity contribution in [2.24, 2.45) is 5.41 Å². The molecule has 0 saturated carbocycles. The summed E-state index contributed by atoms with van der Waals surface area (Å²) in [6.07, 6.45) is 0. The predicted molar refractivity (Wildman–Crippen MR) is 109 cm³/mol. The van der Waals surface area contributed by atoms with Gasteiger partial charge in [-0.05, 0) is 38.1 Å². The Morgan fingerprint density at radius 1 is 1.26 bits per heavy atom. The molecule has 0 aliphatic carbocycles. The molecule has 0 fully saturated rings. The van der Waals surface area contributed by atoms with Gasteiger partial charge in [0.1, 0.15) is 11.6 Å². The molecule has 7 heteroatoms. The number of thiazole rings is 1. The maximum atomic E-state index is 12.4. The van der Waals surface area contributed by atoms with Crippen LogP contribution >= 0.6 is 11.3 Å². The third-order valence-corrected chi connectivity index (χ3v) is 4.70. The summed E-state index contributed by atoms with van der Waals surface area (Å²) in [5, 5.41) is 10.1. The molecule has 2 heterocycles. The monoisotopic (exact) mass is 384 g/mol. The first kappa shape index (κ1) is 19.1. The van der Waals surface area contributed by atoms with Crippen LogP contribution in [-0.2, 0) is 4.79 Å². The molecule has 6 nitrogen and oxygen atoms in total. The molecule has 1 amide bonds. The molecule has 142 valence electrons. The van der Waals surface area contributed by atoms with Crippen LogP contribution in [0.4, 0.5) is 5.82 Å². The number of anilines is 1. The molecule has 3 rings (SSSR count). The van der Waals surface area contributed by atoms with E-state index in [-0.39, 0.29) is 5.91 Å². The van der Waals surface area contributed by atoms with Gasteiger partial charge in [0.05, 0.1) is 18.0 Å². The summed E-state index contributed by atoms with van der Waals surface area (Å²) in [6, 6.07) is 9.69. The number of carbonyl (C=O) groups excluding carboxylic acids is 1. The molecule has 27 heavy (non-hydrogen) atoms. The van der Waals surface area contributed by atoms with Crippen LogP contribution in [0.3, 0.4) is 0 Å². The molecule has 1 N–H and O–H groups in total. The highest BCUT2D eigenvalue weighted by Gasteiger charge is 2.23. The number of carbonyl (C=O) groups is 1. The van der Waals surface area contributed by atoms with Gasteiger partial charge in [-0.3, -0.25) is 4.79 Å². The second-order valence-electron chi connectivity index (χ2n) is 7.26. The summed E-state index contributed by atoms with van der Waals surface area (Å²) >= 11 is 1.48. The van der Waals surface area contributed by atoms with E-state index < -0.39 is 5.41 Å². The summed E-state index contributed by atoms with van der Waals surface area (Å²) in [4.78, 5) is 17.1. The fourth-order valence-electron chi connectivity index (χ4n) is 2.42. The Labute approximate surface area is 163 Å². The van der Waals surface area contributed by atoms with Crippen molar-refractivity contribution >= 4 is 23.1 Å². The SMILES string of the molecule is CCOc1ccc(-c2csc(-n3nc(C)cc3NC(=O)C(C)(C)C)n2)cc1. The van der Waals surface area contributed by atoms with Crippen LogP contribution in [-0.4, -0.2) is 27.3 Å². The van der Waals surface area contributed by atoms with Crippen LogP contribution in [0.25, 0.3) is 16.4 Å². The maximum Gasteiger partial charge on any atom is 0.230 e. The Balaban J connectivity index is 1.87. The van der Waals surface area contributed by atoms with Gasteiger partial charge in [0.25, 0.3) is 0 Å². The summed E-state index contributed by atoms with van der Waals surface area (Å²) in [6.45, 7) is 10.1. The Kier molecular flexibility index (Phi) is 5.32. The van der Waals surface area contributed by atoms with Gasteiger partial charge < -0.3 is 10.1 Å². The standard InChI is InChI=1S/C20H24N4O2S/c1-6-26-15-9-7-14(8-10-15)16-12-27-19(21-16)24-17(11-13(2)23-24)22-18(25)20(3,4)5/h7-12H,6H2,1-5H3,(H,22,25). The number of hydrogen-bond acceptors (Lipinski definition) is 5. The van der Waals surface area contributed by atoms with Gasteiger partial charge in [-0.25, -0.2) is 4.98 Å². The zero-order valence-electron chi connectivity index (χ0n) is 16.2. The van der Waals surface area contributed by atoms with E-state index in [4.69, 9.17) is 9.72 Å². The average Bonchev–Trinajstić information content (AvgIpc) is 3.22. The Morgan fingerprint density at radius 3 is 2.59 bits per heavy atom. The van der Waals surface area contributed by atoms with Crippen LogP contribution in [0.15, 0.2) is 35.7 Å². The number of aryl methyl sites for hydroxylation is 1. The number of rotatable bonds is 5. The van der Waals surface area contributed by atoms with Crippen molar-refractivity contribution in [1.29, 1.82) is 0 Å². The molecule has 0 radical (unpaired) electrons. The molecule has 0 bridgehead atoms. The Hall–Kier alpha value is -2.67. The van der Waals surface area contributed by atoms with Crippen molar-refractivity contribution in [3.05, 3.63) is 41.4 Å². The molecule has 0 unspecified atom stereocenters. The third kappa shape index (κ3) is 4.36. The van der Waals surface area contributed by atoms with E-state index in [0.29, 0.717) is 17.6 Å². The van der Waals surface area contributed by atoms with Gasteiger partial charge in [-0.15, -0.1) is 11.3 Å². The smallest absolute Gasteiger partial charge is 0.230 e. The van der Waals surface area contributed by atoms with E-state index in [0.717, 1.165) is 22.7 Å². The lowest BCUT2D eigenvalue weighted by atomic mass is 9.96. The summed E-state index contributed by atoms with van der Waals surface area (Å²) in [7, 11) is 0. The van der Waals surface area contributed by atoms with Crippen LogP contribution in [0.1, 0.15) is 33.4 Å². The van der Waals surface area contributed by atoms with Gasteiger partial charge in [0.2, 0.25) is 11.0 Å². The lowest BCUT2D eigenvalue weighted by Gasteiger charge is -2.17. The van der Waals surface area contributed by atoms with E-state index in [1.165, 1.54) is 11.3 Å². The summed E-state index contributed by atoms with van der Waals surface area (Å²) in [5.74, 6) is 1.40. The lowest BCUT2D eigenvalue weighted by molar-refractivity contribution is -0.123. The molecule has 0 spiro atoms. The van der Waals surface area contributed by atoms with Crippen molar-refractivity contribution < 1.29 is 9.53 Å². The highest BCUT2D eigenvalue weighted by atomic mass is 32.1. The molecule has 2 aromatic heterocycles. The van der Waals surface area contributed by atoms with Crippen LogP contribution < -0.4 is 10.1 Å².